The summed E-state index contributed by atoms with van der Waals surface area (Å²) in [6.07, 6.45) is 2.79. The van der Waals surface area contributed by atoms with Crippen LogP contribution in [0.2, 0.25) is 0 Å². The van der Waals surface area contributed by atoms with Crippen LogP contribution >= 0.6 is 11.3 Å². The predicted molar refractivity (Wildman–Crippen MR) is 117 cm³/mol. The molecule has 2 amide bonds. The number of amides is 2. The lowest BCUT2D eigenvalue weighted by atomic mass is 9.90. The summed E-state index contributed by atoms with van der Waals surface area (Å²) < 4.78 is 5.41. The molecule has 5 nitrogen and oxygen atoms in total. The Bertz CT molecular complexity index is 1020. The van der Waals surface area contributed by atoms with E-state index < -0.39 is 0 Å². The average molecular weight is 423 g/mol. The van der Waals surface area contributed by atoms with Crippen molar-refractivity contribution in [1.29, 1.82) is 0 Å². The Hall–Kier alpha value is -2.86. The van der Waals surface area contributed by atoms with Crippen LogP contribution in [0.3, 0.4) is 0 Å². The van der Waals surface area contributed by atoms with Gasteiger partial charge in [0.05, 0.1) is 18.8 Å². The summed E-state index contributed by atoms with van der Waals surface area (Å²) in [6, 6.07) is 13.9. The molecule has 4 rings (SSSR count). The SMILES string of the molecule is CCC(=O)N(CC(=O)N1CCc2sccc2[C@H]1c1ccccc1C)Cc1ccco1. The first-order valence-corrected chi connectivity index (χ1v) is 11.2. The Labute approximate surface area is 180 Å². The van der Waals surface area contributed by atoms with Crippen LogP contribution in [0.25, 0.3) is 0 Å². The highest BCUT2D eigenvalue weighted by atomic mass is 32.1. The fourth-order valence-corrected chi connectivity index (χ4v) is 5.02. The van der Waals surface area contributed by atoms with E-state index in [0.29, 0.717) is 25.3 Å². The molecule has 3 heterocycles. The number of carbonyl (C=O) groups excluding carboxylic acids is 2. The smallest absolute Gasteiger partial charge is 0.243 e. The lowest BCUT2D eigenvalue weighted by Gasteiger charge is -2.38. The van der Waals surface area contributed by atoms with E-state index in [0.717, 1.165) is 17.5 Å². The number of hydrogen-bond acceptors (Lipinski definition) is 4. The van der Waals surface area contributed by atoms with Crippen LogP contribution in [0.15, 0.2) is 58.5 Å². The Balaban J connectivity index is 1.62. The standard InChI is InChI=1S/C24H26N2O3S/c1-3-22(27)25(15-18-8-6-13-29-18)16-23(28)26-12-10-21-20(11-14-30-21)24(26)19-9-5-4-7-17(19)2/h4-9,11,13-14,24H,3,10,12,15-16H2,1-2H3/t24-/m1/s1. The topological polar surface area (TPSA) is 53.8 Å². The van der Waals surface area contributed by atoms with E-state index in [2.05, 4.69) is 30.5 Å². The fourth-order valence-electron chi connectivity index (χ4n) is 4.11. The summed E-state index contributed by atoms with van der Waals surface area (Å²) in [4.78, 5) is 30.9. The Morgan fingerprint density at radius 3 is 2.73 bits per heavy atom. The van der Waals surface area contributed by atoms with Crippen LogP contribution in [0, 0.1) is 6.92 Å². The van der Waals surface area contributed by atoms with Crippen molar-refractivity contribution in [2.45, 2.75) is 39.3 Å². The molecule has 6 heteroatoms. The average Bonchev–Trinajstić information content (AvgIpc) is 3.44. The second-order valence-corrected chi connectivity index (χ2v) is 8.58. The normalized spacial score (nSPS) is 15.7. The third-order valence-electron chi connectivity index (χ3n) is 5.68. The molecule has 0 aliphatic carbocycles. The number of fused-ring (bicyclic) bond motifs is 1. The van der Waals surface area contributed by atoms with E-state index >= 15 is 0 Å². The summed E-state index contributed by atoms with van der Waals surface area (Å²) in [6.45, 7) is 4.91. The zero-order valence-electron chi connectivity index (χ0n) is 17.3. The zero-order valence-corrected chi connectivity index (χ0v) is 18.2. The number of nitrogens with zero attached hydrogens (tertiary/aromatic N) is 2. The summed E-state index contributed by atoms with van der Waals surface area (Å²) >= 11 is 1.75. The second-order valence-electron chi connectivity index (χ2n) is 7.58. The third kappa shape index (κ3) is 4.05. The number of furan rings is 1. The first-order chi connectivity index (χ1) is 14.6. The molecule has 1 atom stereocenters. The Kier molecular flexibility index (Phi) is 6.04. The van der Waals surface area contributed by atoms with E-state index in [1.165, 1.54) is 10.4 Å². The molecule has 0 unspecified atom stereocenters. The summed E-state index contributed by atoms with van der Waals surface area (Å²) in [5.41, 5.74) is 3.51. The highest BCUT2D eigenvalue weighted by Crippen LogP contribution is 2.39. The molecule has 30 heavy (non-hydrogen) atoms. The van der Waals surface area contributed by atoms with Crippen LogP contribution in [0.4, 0.5) is 0 Å². The van der Waals surface area contributed by atoms with Crippen molar-refractivity contribution in [2.75, 3.05) is 13.1 Å². The number of aryl methyl sites for hydroxylation is 1. The van der Waals surface area contributed by atoms with Crippen LogP contribution < -0.4 is 0 Å². The maximum Gasteiger partial charge on any atom is 0.243 e. The van der Waals surface area contributed by atoms with Gasteiger partial charge in [-0.05, 0) is 53.6 Å². The fraction of sp³-hybridized carbons (Fsp3) is 0.333. The molecule has 1 aliphatic heterocycles. The van der Waals surface area contributed by atoms with Gasteiger partial charge >= 0.3 is 0 Å². The van der Waals surface area contributed by atoms with Gasteiger partial charge in [0.15, 0.2) is 0 Å². The number of hydrogen-bond donors (Lipinski definition) is 0. The molecule has 2 aromatic heterocycles. The molecule has 156 valence electrons. The third-order valence-corrected chi connectivity index (χ3v) is 6.67. The van der Waals surface area contributed by atoms with E-state index in [9.17, 15) is 9.59 Å². The first-order valence-electron chi connectivity index (χ1n) is 10.3. The molecule has 3 aromatic rings. The lowest BCUT2D eigenvalue weighted by Crippen LogP contribution is -2.46. The largest absolute Gasteiger partial charge is 0.467 e. The van der Waals surface area contributed by atoms with Gasteiger partial charge in [0, 0.05) is 17.8 Å². The van der Waals surface area contributed by atoms with Gasteiger partial charge in [-0.2, -0.15) is 0 Å². The van der Waals surface area contributed by atoms with Crippen molar-refractivity contribution in [1.82, 2.24) is 9.80 Å². The van der Waals surface area contributed by atoms with Crippen molar-refractivity contribution < 1.29 is 14.0 Å². The van der Waals surface area contributed by atoms with Gasteiger partial charge < -0.3 is 14.2 Å². The van der Waals surface area contributed by atoms with E-state index in [4.69, 9.17) is 4.42 Å². The molecule has 0 spiro atoms. The number of benzene rings is 1. The van der Waals surface area contributed by atoms with Crippen LogP contribution in [-0.2, 0) is 22.6 Å². The maximum absolute atomic E-state index is 13.5. The van der Waals surface area contributed by atoms with Crippen molar-refractivity contribution in [2.24, 2.45) is 0 Å². The molecular weight excluding hydrogens is 396 g/mol. The lowest BCUT2D eigenvalue weighted by molar-refractivity contribution is -0.142. The minimum Gasteiger partial charge on any atom is -0.467 e. The van der Waals surface area contributed by atoms with Gasteiger partial charge in [0.2, 0.25) is 11.8 Å². The van der Waals surface area contributed by atoms with Crippen LogP contribution in [0.1, 0.15) is 46.7 Å². The molecule has 0 bridgehead atoms. The van der Waals surface area contributed by atoms with Crippen molar-refractivity contribution in [3.05, 3.63) is 81.4 Å². The zero-order chi connectivity index (χ0) is 21.1. The van der Waals surface area contributed by atoms with Crippen molar-refractivity contribution in [3.63, 3.8) is 0 Å². The van der Waals surface area contributed by atoms with E-state index in [-0.39, 0.29) is 24.4 Å². The van der Waals surface area contributed by atoms with Gasteiger partial charge in [-0.15, -0.1) is 11.3 Å². The highest BCUT2D eigenvalue weighted by Gasteiger charge is 2.34. The molecule has 0 radical (unpaired) electrons. The van der Waals surface area contributed by atoms with Gasteiger partial charge in [-0.25, -0.2) is 0 Å². The summed E-state index contributed by atoms with van der Waals surface area (Å²) in [7, 11) is 0. The first kappa shape index (κ1) is 20.4. The molecule has 0 saturated heterocycles. The van der Waals surface area contributed by atoms with Gasteiger partial charge in [0.25, 0.3) is 0 Å². The quantitative estimate of drug-likeness (QED) is 0.585. The highest BCUT2D eigenvalue weighted by molar-refractivity contribution is 7.10. The summed E-state index contributed by atoms with van der Waals surface area (Å²) in [5, 5.41) is 2.10. The van der Waals surface area contributed by atoms with Crippen LogP contribution in [-0.4, -0.2) is 34.7 Å². The van der Waals surface area contributed by atoms with Gasteiger partial charge in [-0.1, -0.05) is 31.2 Å². The summed E-state index contributed by atoms with van der Waals surface area (Å²) in [5.74, 6) is 0.590. The monoisotopic (exact) mass is 422 g/mol. The Morgan fingerprint density at radius 2 is 2.00 bits per heavy atom. The molecular formula is C24H26N2O3S. The number of carbonyl (C=O) groups is 2. The van der Waals surface area contributed by atoms with Crippen molar-refractivity contribution >= 4 is 23.2 Å². The molecule has 0 N–H and O–H groups in total. The second kappa shape index (κ2) is 8.88. The molecule has 0 saturated carbocycles. The minimum atomic E-state index is -0.115. The molecule has 0 fully saturated rings. The van der Waals surface area contributed by atoms with Gasteiger partial charge in [0.1, 0.15) is 12.3 Å². The number of thiophene rings is 1. The Morgan fingerprint density at radius 1 is 1.17 bits per heavy atom. The van der Waals surface area contributed by atoms with Crippen molar-refractivity contribution in [3.8, 4) is 0 Å². The number of rotatable bonds is 6. The molecule has 1 aliphatic rings. The maximum atomic E-state index is 13.5. The minimum absolute atomic E-state index is 0.0338. The molecule has 1 aromatic carbocycles. The van der Waals surface area contributed by atoms with Crippen LogP contribution in [0.5, 0.6) is 0 Å². The van der Waals surface area contributed by atoms with E-state index in [1.54, 1.807) is 28.6 Å². The van der Waals surface area contributed by atoms with E-state index in [1.807, 2.05) is 30.0 Å². The predicted octanol–water partition coefficient (Wildman–Crippen LogP) is 4.56. The van der Waals surface area contributed by atoms with Gasteiger partial charge in [-0.3, -0.25) is 9.59 Å².